The van der Waals surface area contributed by atoms with Crippen LogP contribution in [0.4, 0.5) is 13.6 Å². The van der Waals surface area contributed by atoms with Gasteiger partial charge >= 0.3 is 12.6 Å². The van der Waals surface area contributed by atoms with Crippen LogP contribution in [0.1, 0.15) is 23.5 Å². The molecule has 1 heterocycles. The topological polar surface area (TPSA) is 59.0 Å². The second-order valence-electron chi connectivity index (χ2n) is 5.23. The Hall–Kier alpha value is -2.44. The summed E-state index contributed by atoms with van der Waals surface area (Å²) in [6, 6.07) is 7.72. The maximum absolute atomic E-state index is 12.7. The van der Waals surface area contributed by atoms with Crippen molar-refractivity contribution < 1.29 is 13.6 Å². The first kappa shape index (κ1) is 14.5. The predicted octanol–water partition coefficient (Wildman–Crippen LogP) is 2.24. The number of imidazole rings is 1. The van der Waals surface area contributed by atoms with Crippen molar-refractivity contribution in [3.05, 3.63) is 53.6 Å². The summed E-state index contributed by atoms with van der Waals surface area (Å²) in [6.07, 6.45) is 4.05. The lowest BCUT2D eigenvalue weighted by atomic mass is 10.1. The number of aromatic nitrogens is 2. The van der Waals surface area contributed by atoms with Crippen LogP contribution in [0, 0.1) is 0 Å². The standard InChI is InChI=1S/C15H16F2N4O/c16-14(17)21-6-5-18-13(21)9-19-15(22)20-12-7-10-3-1-2-4-11(10)8-12/h1-6,12,14H,7-9H2,(H2,19,20,22). The molecule has 1 aromatic heterocycles. The number of hydrogen-bond donors (Lipinski definition) is 2. The van der Waals surface area contributed by atoms with Gasteiger partial charge in [-0.15, -0.1) is 0 Å². The molecule has 0 atom stereocenters. The van der Waals surface area contributed by atoms with Gasteiger partial charge in [-0.2, -0.15) is 8.78 Å². The van der Waals surface area contributed by atoms with Crippen molar-refractivity contribution in [3.63, 3.8) is 0 Å². The molecular formula is C15H16F2N4O. The van der Waals surface area contributed by atoms with Crippen LogP contribution in [0.15, 0.2) is 36.7 Å². The third kappa shape index (κ3) is 3.08. The Morgan fingerprint density at radius 2 is 2.00 bits per heavy atom. The Morgan fingerprint density at radius 3 is 2.64 bits per heavy atom. The number of rotatable bonds is 4. The minimum atomic E-state index is -2.66. The molecule has 0 aliphatic heterocycles. The lowest BCUT2D eigenvalue weighted by Crippen LogP contribution is -2.42. The van der Waals surface area contributed by atoms with Gasteiger partial charge in [0.25, 0.3) is 0 Å². The van der Waals surface area contributed by atoms with Crippen LogP contribution in [0.5, 0.6) is 0 Å². The number of amides is 2. The molecule has 2 N–H and O–H groups in total. The van der Waals surface area contributed by atoms with Gasteiger partial charge in [-0.1, -0.05) is 24.3 Å². The Balaban J connectivity index is 1.51. The molecule has 7 heteroatoms. The van der Waals surface area contributed by atoms with Crippen molar-refractivity contribution in [2.24, 2.45) is 0 Å². The van der Waals surface area contributed by atoms with Crippen molar-refractivity contribution in [3.8, 4) is 0 Å². The molecule has 0 fully saturated rings. The van der Waals surface area contributed by atoms with Crippen molar-refractivity contribution in [2.45, 2.75) is 32.0 Å². The monoisotopic (exact) mass is 306 g/mol. The van der Waals surface area contributed by atoms with Gasteiger partial charge in [0.15, 0.2) is 0 Å². The molecule has 0 unspecified atom stereocenters. The molecule has 0 radical (unpaired) electrons. The fourth-order valence-corrected chi connectivity index (χ4v) is 2.72. The molecule has 3 rings (SSSR count). The highest BCUT2D eigenvalue weighted by atomic mass is 19.3. The molecule has 2 aromatic rings. The summed E-state index contributed by atoms with van der Waals surface area (Å²) in [7, 11) is 0. The van der Waals surface area contributed by atoms with E-state index in [2.05, 4.69) is 15.6 Å². The summed E-state index contributed by atoms with van der Waals surface area (Å²) >= 11 is 0. The average Bonchev–Trinajstić information content (AvgIpc) is 3.10. The molecule has 5 nitrogen and oxygen atoms in total. The van der Waals surface area contributed by atoms with E-state index in [0.717, 1.165) is 17.4 Å². The SMILES string of the molecule is O=C(NCc1nccn1C(F)F)NC1Cc2ccccc2C1. The number of benzene rings is 1. The van der Waals surface area contributed by atoms with Crippen LogP contribution < -0.4 is 10.6 Å². The van der Waals surface area contributed by atoms with Crippen LogP contribution in [-0.2, 0) is 19.4 Å². The van der Waals surface area contributed by atoms with Gasteiger partial charge in [0.1, 0.15) is 5.82 Å². The number of halogens is 2. The highest BCUT2D eigenvalue weighted by molar-refractivity contribution is 5.74. The van der Waals surface area contributed by atoms with Crippen molar-refractivity contribution in [1.29, 1.82) is 0 Å². The second kappa shape index (κ2) is 6.13. The van der Waals surface area contributed by atoms with Crippen LogP contribution >= 0.6 is 0 Å². The molecule has 0 saturated carbocycles. The summed E-state index contributed by atoms with van der Waals surface area (Å²) in [5.74, 6) is 0.125. The zero-order valence-electron chi connectivity index (χ0n) is 11.8. The van der Waals surface area contributed by atoms with Crippen LogP contribution in [-0.4, -0.2) is 21.6 Å². The van der Waals surface area contributed by atoms with Gasteiger partial charge in [0, 0.05) is 18.4 Å². The summed E-state index contributed by atoms with van der Waals surface area (Å²) in [4.78, 5) is 15.7. The highest BCUT2D eigenvalue weighted by Gasteiger charge is 2.22. The molecule has 0 spiro atoms. The molecule has 1 aromatic carbocycles. The van der Waals surface area contributed by atoms with Crippen LogP contribution in [0.25, 0.3) is 0 Å². The lowest BCUT2D eigenvalue weighted by molar-refractivity contribution is 0.0667. The minimum absolute atomic E-state index is 0.0345. The Bertz CT molecular complexity index is 646. The van der Waals surface area contributed by atoms with Crippen molar-refractivity contribution in [1.82, 2.24) is 20.2 Å². The number of nitrogens with zero attached hydrogens (tertiary/aromatic N) is 2. The summed E-state index contributed by atoms with van der Waals surface area (Å²) in [6.45, 7) is -2.70. The number of hydrogen-bond acceptors (Lipinski definition) is 2. The van der Waals surface area contributed by atoms with Gasteiger partial charge in [-0.3, -0.25) is 4.57 Å². The fourth-order valence-electron chi connectivity index (χ4n) is 2.72. The largest absolute Gasteiger partial charge is 0.335 e. The first-order valence-electron chi connectivity index (χ1n) is 7.04. The highest BCUT2D eigenvalue weighted by Crippen LogP contribution is 2.21. The summed E-state index contributed by atoms with van der Waals surface area (Å²) < 4.78 is 26.0. The Kier molecular flexibility index (Phi) is 4.04. The molecule has 2 amide bonds. The van der Waals surface area contributed by atoms with E-state index in [-0.39, 0.29) is 24.4 Å². The fraction of sp³-hybridized carbons (Fsp3) is 0.333. The van der Waals surface area contributed by atoms with Gasteiger partial charge in [-0.25, -0.2) is 9.78 Å². The smallest absolute Gasteiger partial charge is 0.319 e. The van der Waals surface area contributed by atoms with Crippen molar-refractivity contribution in [2.75, 3.05) is 0 Å². The predicted molar refractivity (Wildman–Crippen MR) is 76.5 cm³/mol. The van der Waals surface area contributed by atoms with Gasteiger partial charge < -0.3 is 10.6 Å². The summed E-state index contributed by atoms with van der Waals surface area (Å²) in [5, 5.41) is 5.43. The first-order valence-corrected chi connectivity index (χ1v) is 7.04. The summed E-state index contributed by atoms with van der Waals surface area (Å²) in [5.41, 5.74) is 2.47. The molecule has 22 heavy (non-hydrogen) atoms. The number of nitrogens with one attached hydrogen (secondary N) is 2. The van der Waals surface area contributed by atoms with E-state index in [1.807, 2.05) is 24.3 Å². The number of carbonyl (C=O) groups is 1. The third-order valence-electron chi connectivity index (χ3n) is 3.75. The molecule has 1 aliphatic carbocycles. The first-order chi connectivity index (χ1) is 10.6. The normalized spacial score (nSPS) is 14.1. The Labute approximate surface area is 126 Å². The van der Waals surface area contributed by atoms with E-state index in [1.165, 1.54) is 23.5 Å². The number of carbonyl (C=O) groups excluding carboxylic acids is 1. The zero-order valence-corrected chi connectivity index (χ0v) is 11.8. The molecule has 0 bridgehead atoms. The number of alkyl halides is 2. The molecule has 0 saturated heterocycles. The Morgan fingerprint density at radius 1 is 1.32 bits per heavy atom. The van der Waals surface area contributed by atoms with Gasteiger partial charge in [0.2, 0.25) is 0 Å². The van der Waals surface area contributed by atoms with E-state index in [1.54, 1.807) is 0 Å². The van der Waals surface area contributed by atoms with E-state index in [9.17, 15) is 13.6 Å². The lowest BCUT2D eigenvalue weighted by Gasteiger charge is -2.13. The van der Waals surface area contributed by atoms with Crippen LogP contribution in [0.3, 0.4) is 0 Å². The van der Waals surface area contributed by atoms with Gasteiger partial charge in [0.05, 0.1) is 6.54 Å². The molecular weight excluding hydrogens is 290 g/mol. The maximum Gasteiger partial charge on any atom is 0.319 e. The third-order valence-corrected chi connectivity index (χ3v) is 3.75. The molecule has 116 valence electrons. The van der Waals surface area contributed by atoms with E-state index in [4.69, 9.17) is 0 Å². The van der Waals surface area contributed by atoms with Crippen molar-refractivity contribution >= 4 is 6.03 Å². The van der Waals surface area contributed by atoms with Crippen LogP contribution in [0.2, 0.25) is 0 Å². The minimum Gasteiger partial charge on any atom is -0.335 e. The van der Waals surface area contributed by atoms with E-state index < -0.39 is 6.55 Å². The number of urea groups is 1. The zero-order chi connectivity index (χ0) is 15.5. The number of fused-ring (bicyclic) bond motifs is 1. The second-order valence-corrected chi connectivity index (χ2v) is 5.23. The quantitative estimate of drug-likeness (QED) is 0.910. The van der Waals surface area contributed by atoms with Gasteiger partial charge in [-0.05, 0) is 24.0 Å². The average molecular weight is 306 g/mol. The maximum atomic E-state index is 12.7. The van der Waals surface area contributed by atoms with E-state index in [0.29, 0.717) is 0 Å². The molecule has 1 aliphatic rings. The van der Waals surface area contributed by atoms with E-state index >= 15 is 0 Å².